The van der Waals surface area contributed by atoms with Crippen LogP contribution in [0.2, 0.25) is 0 Å². The largest absolute Gasteiger partial charge is 0.480 e. The molecule has 7 nitrogen and oxygen atoms in total. The van der Waals surface area contributed by atoms with E-state index in [1.807, 2.05) is 0 Å². The van der Waals surface area contributed by atoms with Gasteiger partial charge in [0, 0.05) is 13.1 Å². The third-order valence-electron chi connectivity index (χ3n) is 3.34. The standard InChI is InChI=1S/C14H23NO6/c1-5-20-11(18)14(10(16)17)6-8-15(9-7-14)12(19)21-13(2,3)4/h5-9H2,1-4H3,(H,16,17). The van der Waals surface area contributed by atoms with Crippen molar-refractivity contribution in [1.82, 2.24) is 4.90 Å². The Kier molecular flexibility index (Phi) is 5.20. The summed E-state index contributed by atoms with van der Waals surface area (Å²) in [5, 5.41) is 9.36. The normalized spacial score (nSPS) is 18.0. The number of hydrogen-bond donors (Lipinski definition) is 1. The molecule has 1 fully saturated rings. The van der Waals surface area contributed by atoms with Crippen molar-refractivity contribution in [3.8, 4) is 0 Å². The second-order valence-electron chi connectivity index (χ2n) is 6.08. The lowest BCUT2D eigenvalue weighted by Crippen LogP contribution is -2.51. The maximum Gasteiger partial charge on any atom is 0.410 e. The lowest BCUT2D eigenvalue weighted by Gasteiger charge is -2.37. The monoisotopic (exact) mass is 301 g/mol. The van der Waals surface area contributed by atoms with Crippen molar-refractivity contribution in [3.63, 3.8) is 0 Å². The maximum atomic E-state index is 11.9. The molecule has 0 aromatic rings. The summed E-state index contributed by atoms with van der Waals surface area (Å²) < 4.78 is 10.1. The molecule has 21 heavy (non-hydrogen) atoms. The van der Waals surface area contributed by atoms with Gasteiger partial charge in [0.15, 0.2) is 5.41 Å². The van der Waals surface area contributed by atoms with Gasteiger partial charge in [0.1, 0.15) is 5.60 Å². The van der Waals surface area contributed by atoms with Crippen molar-refractivity contribution in [2.75, 3.05) is 19.7 Å². The van der Waals surface area contributed by atoms with E-state index < -0.39 is 29.0 Å². The molecule has 0 bridgehead atoms. The number of carbonyl (C=O) groups is 3. The number of carboxylic acid groups (broad SMARTS) is 1. The molecule has 1 N–H and O–H groups in total. The second kappa shape index (κ2) is 6.32. The molecule has 1 rings (SSSR count). The van der Waals surface area contributed by atoms with Gasteiger partial charge in [0.25, 0.3) is 0 Å². The fraction of sp³-hybridized carbons (Fsp3) is 0.786. The first-order valence-electron chi connectivity index (χ1n) is 7.01. The van der Waals surface area contributed by atoms with E-state index >= 15 is 0 Å². The highest BCUT2D eigenvalue weighted by atomic mass is 16.6. The topological polar surface area (TPSA) is 93.1 Å². The highest BCUT2D eigenvalue weighted by Gasteiger charge is 2.50. The van der Waals surface area contributed by atoms with Gasteiger partial charge in [-0.25, -0.2) is 4.79 Å². The van der Waals surface area contributed by atoms with E-state index in [2.05, 4.69) is 0 Å². The Morgan fingerprint density at radius 1 is 1.19 bits per heavy atom. The molecule has 0 spiro atoms. The van der Waals surface area contributed by atoms with Crippen LogP contribution in [-0.4, -0.2) is 53.3 Å². The Labute approximate surface area is 124 Å². The molecule has 1 saturated heterocycles. The Balaban J connectivity index is 2.73. The number of esters is 1. The Hall–Kier alpha value is -1.79. The molecule has 7 heteroatoms. The van der Waals surface area contributed by atoms with Crippen LogP contribution >= 0.6 is 0 Å². The summed E-state index contributed by atoms with van der Waals surface area (Å²) in [4.78, 5) is 36.7. The maximum absolute atomic E-state index is 11.9. The van der Waals surface area contributed by atoms with Crippen LogP contribution in [0.5, 0.6) is 0 Å². The van der Waals surface area contributed by atoms with Crippen molar-refractivity contribution in [2.24, 2.45) is 5.41 Å². The summed E-state index contributed by atoms with van der Waals surface area (Å²) in [5.41, 5.74) is -2.17. The second-order valence-corrected chi connectivity index (χ2v) is 6.08. The van der Waals surface area contributed by atoms with Gasteiger partial charge in [0.05, 0.1) is 6.61 Å². The number of carboxylic acids is 1. The predicted molar refractivity (Wildman–Crippen MR) is 73.7 cm³/mol. The van der Waals surface area contributed by atoms with Gasteiger partial charge in [-0.3, -0.25) is 9.59 Å². The Bertz CT molecular complexity index is 418. The van der Waals surface area contributed by atoms with Gasteiger partial charge in [-0.15, -0.1) is 0 Å². The number of aliphatic carboxylic acids is 1. The lowest BCUT2D eigenvalue weighted by atomic mass is 9.78. The van der Waals surface area contributed by atoms with Crippen molar-refractivity contribution >= 4 is 18.0 Å². The van der Waals surface area contributed by atoms with E-state index in [-0.39, 0.29) is 32.5 Å². The smallest absolute Gasteiger partial charge is 0.410 e. The van der Waals surface area contributed by atoms with E-state index in [1.165, 1.54) is 4.90 Å². The molecule has 0 atom stereocenters. The summed E-state index contributed by atoms with van der Waals surface area (Å²) in [7, 11) is 0. The molecular weight excluding hydrogens is 278 g/mol. The summed E-state index contributed by atoms with van der Waals surface area (Å²) in [6, 6.07) is 0. The number of likely N-dealkylation sites (tertiary alicyclic amines) is 1. The molecule has 0 saturated carbocycles. The average Bonchev–Trinajstić information content (AvgIpc) is 2.36. The first-order valence-corrected chi connectivity index (χ1v) is 7.01. The number of ether oxygens (including phenoxy) is 2. The van der Waals surface area contributed by atoms with E-state index in [1.54, 1.807) is 27.7 Å². The average molecular weight is 301 g/mol. The van der Waals surface area contributed by atoms with Crippen LogP contribution in [0.3, 0.4) is 0 Å². The fourth-order valence-corrected chi connectivity index (χ4v) is 2.17. The summed E-state index contributed by atoms with van der Waals surface area (Å²) in [6.07, 6.45) is -0.439. The molecule has 1 amide bonds. The van der Waals surface area contributed by atoms with Gasteiger partial charge in [-0.05, 0) is 40.5 Å². The highest BCUT2D eigenvalue weighted by molar-refractivity contribution is 5.99. The minimum absolute atomic E-state index is 0.0282. The first kappa shape index (κ1) is 17.3. The van der Waals surface area contributed by atoms with Crippen LogP contribution in [0.25, 0.3) is 0 Å². The third-order valence-corrected chi connectivity index (χ3v) is 3.34. The number of amides is 1. The first-order chi connectivity index (χ1) is 9.62. The van der Waals surface area contributed by atoms with E-state index in [0.717, 1.165) is 0 Å². The number of carbonyl (C=O) groups excluding carboxylic acids is 2. The molecule has 0 radical (unpaired) electrons. The van der Waals surface area contributed by atoms with E-state index in [9.17, 15) is 19.5 Å². The molecule has 1 heterocycles. The van der Waals surface area contributed by atoms with Crippen LogP contribution in [0.4, 0.5) is 4.79 Å². The summed E-state index contributed by atoms with van der Waals surface area (Å²) >= 11 is 0. The summed E-state index contributed by atoms with van der Waals surface area (Å²) in [6.45, 7) is 7.34. The molecule has 0 unspecified atom stereocenters. The number of piperidine rings is 1. The highest BCUT2D eigenvalue weighted by Crippen LogP contribution is 2.34. The van der Waals surface area contributed by atoms with E-state index in [4.69, 9.17) is 9.47 Å². The van der Waals surface area contributed by atoms with Crippen LogP contribution in [-0.2, 0) is 19.1 Å². The zero-order valence-corrected chi connectivity index (χ0v) is 13.0. The van der Waals surface area contributed by atoms with Gasteiger partial charge in [-0.1, -0.05) is 0 Å². The van der Waals surface area contributed by atoms with Crippen LogP contribution in [0.15, 0.2) is 0 Å². The predicted octanol–water partition coefficient (Wildman–Crippen LogP) is 1.65. The minimum atomic E-state index is -1.56. The SMILES string of the molecule is CCOC(=O)C1(C(=O)O)CCN(C(=O)OC(C)(C)C)CC1. The van der Waals surface area contributed by atoms with Crippen molar-refractivity contribution in [3.05, 3.63) is 0 Å². The van der Waals surface area contributed by atoms with Crippen molar-refractivity contribution < 1.29 is 29.0 Å². The minimum Gasteiger partial charge on any atom is -0.480 e. The Morgan fingerprint density at radius 2 is 1.71 bits per heavy atom. The van der Waals surface area contributed by atoms with Gasteiger partial charge in [-0.2, -0.15) is 0 Å². The fourth-order valence-electron chi connectivity index (χ4n) is 2.17. The van der Waals surface area contributed by atoms with E-state index in [0.29, 0.717) is 0 Å². The molecule has 120 valence electrons. The van der Waals surface area contributed by atoms with Gasteiger partial charge < -0.3 is 19.5 Å². The molecule has 0 aromatic carbocycles. The summed E-state index contributed by atoms with van der Waals surface area (Å²) in [5.74, 6) is -1.94. The van der Waals surface area contributed by atoms with Crippen molar-refractivity contribution in [1.29, 1.82) is 0 Å². The van der Waals surface area contributed by atoms with Crippen molar-refractivity contribution in [2.45, 2.75) is 46.1 Å². The Morgan fingerprint density at radius 3 is 2.10 bits per heavy atom. The zero-order valence-electron chi connectivity index (χ0n) is 13.0. The van der Waals surface area contributed by atoms with Gasteiger partial charge >= 0.3 is 18.0 Å². The number of rotatable bonds is 3. The molecule has 0 aromatic heterocycles. The molecule has 1 aliphatic heterocycles. The molecular formula is C14H23NO6. The lowest BCUT2D eigenvalue weighted by molar-refractivity contribution is -0.172. The van der Waals surface area contributed by atoms with Crippen LogP contribution in [0, 0.1) is 5.41 Å². The zero-order chi connectivity index (χ0) is 16.3. The quantitative estimate of drug-likeness (QED) is 0.629. The third kappa shape index (κ3) is 4.09. The number of nitrogens with zero attached hydrogens (tertiary/aromatic N) is 1. The number of hydrogen-bond acceptors (Lipinski definition) is 5. The molecule has 0 aliphatic carbocycles. The van der Waals surface area contributed by atoms with Gasteiger partial charge in [0.2, 0.25) is 0 Å². The molecule has 1 aliphatic rings. The van der Waals surface area contributed by atoms with Crippen LogP contribution < -0.4 is 0 Å². The van der Waals surface area contributed by atoms with Crippen LogP contribution in [0.1, 0.15) is 40.5 Å².